The second kappa shape index (κ2) is 22.8. The molecule has 5 aromatic rings. The Labute approximate surface area is 412 Å². The third-order valence-electron chi connectivity index (χ3n) is 13.7. The number of alkyl halides is 3. The first-order chi connectivity index (χ1) is 33.8. The van der Waals surface area contributed by atoms with Crippen LogP contribution in [0, 0.1) is 12.8 Å². The van der Waals surface area contributed by atoms with E-state index in [1.165, 1.54) is 11.6 Å². The minimum Gasteiger partial charge on any atom is -0.508 e. The van der Waals surface area contributed by atoms with Crippen molar-refractivity contribution in [1.82, 2.24) is 40.1 Å². The van der Waals surface area contributed by atoms with Crippen LogP contribution in [0.4, 0.5) is 18.9 Å². The second-order valence-electron chi connectivity index (χ2n) is 18.3. The summed E-state index contributed by atoms with van der Waals surface area (Å²) in [5.74, 6) is -0.357. The van der Waals surface area contributed by atoms with Gasteiger partial charge in [-0.1, -0.05) is 54.9 Å². The number of aromatic nitrogens is 3. The molecule has 0 radical (unpaired) electrons. The second-order valence-corrected chi connectivity index (χ2v) is 18.7. The number of amides is 1. The largest absolute Gasteiger partial charge is 0.508 e. The number of carbonyl (C=O) groups is 1. The lowest BCUT2D eigenvalue weighted by Gasteiger charge is -2.36. The summed E-state index contributed by atoms with van der Waals surface area (Å²) >= 11 is 6.76. The van der Waals surface area contributed by atoms with Gasteiger partial charge in [0, 0.05) is 113 Å². The van der Waals surface area contributed by atoms with Crippen molar-refractivity contribution in [2.24, 2.45) is 15.9 Å². The van der Waals surface area contributed by atoms with Gasteiger partial charge in [-0.25, -0.2) is 4.99 Å². The standard InChI is InChI=1S/C52H63ClF3N11O3/c1-4-38-29-42(48(69)30-47(38)68)50-62-61-35(2)67(50)40-13-11-36(12-14-40)31-63-25-27-64(28-26-63)32-37-15-19-58-34-60-45-33-66(46-10-6-8-39-7-5-9-43(53)49(39)46)22-17-41(45)44(59-20-16-37)18-23-65(24-21-57-3)51(70)52(54,55)56/h5-14,29-30,34,37,57,68-69H,4,15-28,31-33H2,1-3H3,(H,58,60)/b59-44-. The van der Waals surface area contributed by atoms with Crippen LogP contribution in [0.3, 0.4) is 0 Å². The highest BCUT2D eigenvalue weighted by atomic mass is 35.5. The molecule has 372 valence electrons. The molecule has 0 aliphatic carbocycles. The summed E-state index contributed by atoms with van der Waals surface area (Å²) in [4.78, 5) is 30.9. The fraction of sp³-hybridized carbons (Fsp3) is 0.442. The quantitative estimate of drug-likeness (QED) is 0.0870. The number of likely N-dealkylation sites (N-methyl/N-ethyl adjacent to an activating group) is 1. The number of phenols is 2. The first-order valence-corrected chi connectivity index (χ1v) is 24.6. The van der Waals surface area contributed by atoms with Gasteiger partial charge in [-0.2, -0.15) is 13.2 Å². The molecule has 1 fully saturated rings. The molecule has 8 rings (SSSR count). The predicted molar refractivity (Wildman–Crippen MR) is 271 cm³/mol. The van der Waals surface area contributed by atoms with Crippen molar-refractivity contribution in [3.8, 4) is 28.6 Å². The van der Waals surface area contributed by atoms with Gasteiger partial charge in [0.05, 0.1) is 29.2 Å². The zero-order valence-electron chi connectivity index (χ0n) is 40.2. The van der Waals surface area contributed by atoms with E-state index in [4.69, 9.17) is 21.6 Å². The number of rotatable bonds is 14. The summed E-state index contributed by atoms with van der Waals surface area (Å²) in [6, 6.07) is 23.4. The Morgan fingerprint density at radius 1 is 0.943 bits per heavy atom. The number of nitrogens with zero attached hydrogens (tertiary/aromatic N) is 9. The van der Waals surface area contributed by atoms with Crippen LogP contribution < -0.4 is 15.5 Å². The Balaban J connectivity index is 0.931. The van der Waals surface area contributed by atoms with E-state index in [0.29, 0.717) is 71.9 Å². The fourth-order valence-electron chi connectivity index (χ4n) is 9.85. The molecular formula is C52H63ClF3N11O3. The predicted octanol–water partition coefficient (Wildman–Crippen LogP) is 7.77. The van der Waals surface area contributed by atoms with Crippen molar-refractivity contribution in [3.63, 3.8) is 0 Å². The monoisotopic (exact) mass is 981 g/mol. The Morgan fingerprint density at radius 2 is 1.70 bits per heavy atom. The number of aromatic hydroxyl groups is 2. The van der Waals surface area contributed by atoms with Crippen molar-refractivity contribution in [1.29, 1.82) is 0 Å². The number of fused-ring (bicyclic) bond motifs is 1. The Morgan fingerprint density at radius 3 is 2.44 bits per heavy atom. The number of carbonyl (C=O) groups excluding carboxylic acids is 1. The highest BCUT2D eigenvalue weighted by Crippen LogP contribution is 2.37. The lowest BCUT2D eigenvalue weighted by atomic mass is 9.96. The normalized spacial score (nSPS) is 18.9. The average Bonchev–Trinajstić information content (AvgIpc) is 3.73. The summed E-state index contributed by atoms with van der Waals surface area (Å²) in [6.07, 6.45) is -0.177. The fourth-order valence-corrected chi connectivity index (χ4v) is 10.1. The number of nitrogens with one attached hydrogen (secondary N) is 2. The molecule has 3 aliphatic rings. The average molecular weight is 983 g/mol. The van der Waals surface area contributed by atoms with Crippen molar-refractivity contribution >= 4 is 46.0 Å². The molecule has 1 unspecified atom stereocenters. The third kappa shape index (κ3) is 11.9. The molecule has 4 heterocycles. The summed E-state index contributed by atoms with van der Waals surface area (Å²) < 4.78 is 43.3. The topological polar surface area (TPSA) is 150 Å². The molecule has 1 amide bonds. The lowest BCUT2D eigenvalue weighted by molar-refractivity contribution is -0.185. The number of phenolic OH excluding ortho intramolecular Hbond substituents is 2. The Kier molecular flexibility index (Phi) is 16.4. The van der Waals surface area contributed by atoms with Gasteiger partial charge in [0.25, 0.3) is 0 Å². The number of halogens is 4. The molecule has 14 nitrogen and oxygen atoms in total. The van der Waals surface area contributed by atoms with E-state index >= 15 is 0 Å². The maximum atomic E-state index is 13.8. The van der Waals surface area contributed by atoms with Crippen LogP contribution in [-0.2, 0) is 17.8 Å². The summed E-state index contributed by atoms with van der Waals surface area (Å²) in [5, 5.41) is 38.7. The van der Waals surface area contributed by atoms with Crippen LogP contribution in [0.1, 0.15) is 49.6 Å². The minimum absolute atomic E-state index is 0.0492. The van der Waals surface area contributed by atoms with E-state index in [9.17, 15) is 28.2 Å². The molecule has 4 aromatic carbocycles. The smallest absolute Gasteiger partial charge is 0.471 e. The zero-order valence-corrected chi connectivity index (χ0v) is 40.9. The molecule has 1 aromatic heterocycles. The van der Waals surface area contributed by atoms with Crippen LogP contribution >= 0.6 is 11.6 Å². The van der Waals surface area contributed by atoms with Crippen molar-refractivity contribution in [2.75, 3.05) is 90.5 Å². The Bertz CT molecular complexity index is 2710. The highest BCUT2D eigenvalue weighted by Gasteiger charge is 2.42. The van der Waals surface area contributed by atoms with E-state index in [2.05, 4.69) is 53.7 Å². The van der Waals surface area contributed by atoms with E-state index < -0.39 is 12.1 Å². The van der Waals surface area contributed by atoms with E-state index in [-0.39, 0.29) is 37.6 Å². The van der Waals surface area contributed by atoms with Gasteiger partial charge in [0.2, 0.25) is 0 Å². The maximum Gasteiger partial charge on any atom is 0.471 e. The van der Waals surface area contributed by atoms with E-state index in [1.54, 1.807) is 19.5 Å². The molecule has 1 atom stereocenters. The zero-order chi connectivity index (χ0) is 49.4. The number of hydrogen-bond acceptors (Lipinski definition) is 12. The Hall–Kier alpha value is -6.01. The number of piperazine rings is 1. The number of benzene rings is 4. The molecule has 4 N–H and O–H groups in total. The molecule has 0 spiro atoms. The van der Waals surface area contributed by atoms with Gasteiger partial charge >= 0.3 is 12.1 Å². The van der Waals surface area contributed by atoms with Crippen LogP contribution in [0.5, 0.6) is 11.5 Å². The maximum absolute atomic E-state index is 13.8. The SMILES string of the molecule is CCc1cc(-c2nnc(C)n2-c2ccc(CN3CCN(CC4CC/N=C(/CCN(CCNC)C(=O)C(F)(F)F)C5=C(CN(c6cccc7cccc(Cl)c67)CC5)/N=C/NCC4)CC3)cc2)c(O)cc1O. The molecule has 70 heavy (non-hydrogen) atoms. The van der Waals surface area contributed by atoms with Gasteiger partial charge in [-0.3, -0.25) is 19.3 Å². The van der Waals surface area contributed by atoms with Crippen LogP contribution in [-0.4, -0.2) is 149 Å². The van der Waals surface area contributed by atoms with Crippen molar-refractivity contribution < 1.29 is 28.2 Å². The third-order valence-corrected chi connectivity index (χ3v) is 14.0. The van der Waals surface area contributed by atoms with Gasteiger partial charge in [0.1, 0.15) is 17.3 Å². The van der Waals surface area contributed by atoms with Crippen molar-refractivity contribution in [3.05, 3.63) is 106 Å². The minimum atomic E-state index is -4.98. The van der Waals surface area contributed by atoms with Gasteiger partial charge < -0.3 is 35.5 Å². The molecular weight excluding hydrogens is 919 g/mol. The van der Waals surface area contributed by atoms with E-state index in [0.717, 1.165) is 97.0 Å². The molecule has 3 aliphatic heterocycles. The van der Waals surface area contributed by atoms with Crippen LogP contribution in [0.2, 0.25) is 5.02 Å². The highest BCUT2D eigenvalue weighted by molar-refractivity contribution is 6.36. The van der Waals surface area contributed by atoms with Crippen LogP contribution in [0.25, 0.3) is 27.8 Å². The van der Waals surface area contributed by atoms with Crippen LogP contribution in [0.15, 0.2) is 94.1 Å². The first kappa shape index (κ1) is 50.4. The number of aryl methyl sites for hydroxylation is 2. The first-order valence-electron chi connectivity index (χ1n) is 24.3. The van der Waals surface area contributed by atoms with Crippen molar-refractivity contribution in [2.45, 2.75) is 58.7 Å². The van der Waals surface area contributed by atoms with Gasteiger partial charge in [0.15, 0.2) is 5.82 Å². The molecule has 0 saturated carbocycles. The van der Waals surface area contributed by atoms with E-state index in [1.807, 2.05) is 60.9 Å². The molecule has 1 saturated heterocycles. The van der Waals surface area contributed by atoms with Gasteiger partial charge in [-0.15, -0.1) is 10.2 Å². The number of aliphatic imine (C=N–C) groups is 2. The molecule has 0 bridgehead atoms. The number of anilines is 1. The summed E-state index contributed by atoms with van der Waals surface area (Å²) in [7, 11) is 1.65. The summed E-state index contributed by atoms with van der Waals surface area (Å²) in [5.41, 5.74) is 6.67. The lowest BCUT2D eigenvalue weighted by Crippen LogP contribution is -2.47. The summed E-state index contributed by atoms with van der Waals surface area (Å²) in [6.45, 7) is 11.6. The molecule has 18 heteroatoms. The van der Waals surface area contributed by atoms with Gasteiger partial charge in [-0.05, 0) is 98.0 Å². The number of hydrogen-bond donors (Lipinski definition) is 4.